The molecule has 37 heavy (non-hydrogen) atoms. The number of benzene rings is 1. The SMILES string of the molecule is C[C@@H]1CC[C@@H](Nc2ncc3nc(Nc4c(F)cc(Cl)cc4F)n(C4CCC(C(N)=O)CC4)c3n2)C[C@H]1O. The summed E-state index contributed by atoms with van der Waals surface area (Å²) in [5.41, 5.74) is 6.10. The Hall–Kier alpha value is -3.05. The minimum Gasteiger partial charge on any atom is -0.393 e. The largest absolute Gasteiger partial charge is 0.393 e. The standard InChI is InChI=1S/C25H30ClF2N7O2/c1-12-2-5-15(10-20(12)36)31-24-30-11-19-23(34-24)35(16-6-3-13(4-7-16)22(29)37)25(32-19)33-21-17(27)8-14(26)9-18(21)28/h8-9,11-13,15-16,20,36H,2-7,10H2,1H3,(H2,29,37)(H,32,33)(H,30,31,34)/t12-,13?,15-,16?,20-/m1/s1. The smallest absolute Gasteiger partial charge is 0.224 e. The molecule has 12 heteroatoms. The minimum atomic E-state index is -0.848. The summed E-state index contributed by atoms with van der Waals surface area (Å²) in [6, 6.07) is 1.96. The van der Waals surface area contributed by atoms with Crippen LogP contribution in [0.15, 0.2) is 18.3 Å². The van der Waals surface area contributed by atoms with Crippen LogP contribution in [0, 0.1) is 23.5 Å². The average molecular weight is 534 g/mol. The predicted molar refractivity (Wildman–Crippen MR) is 137 cm³/mol. The molecule has 9 nitrogen and oxygen atoms in total. The number of hydrogen-bond acceptors (Lipinski definition) is 7. The summed E-state index contributed by atoms with van der Waals surface area (Å²) >= 11 is 5.79. The molecule has 0 unspecified atom stereocenters. The molecule has 0 bridgehead atoms. The van der Waals surface area contributed by atoms with Gasteiger partial charge in [0.2, 0.25) is 17.8 Å². The molecule has 3 aromatic rings. The van der Waals surface area contributed by atoms with E-state index in [1.54, 1.807) is 6.20 Å². The number of primary amides is 1. The van der Waals surface area contributed by atoms with Crippen LogP contribution in [0.5, 0.6) is 0 Å². The van der Waals surface area contributed by atoms with Gasteiger partial charge in [0.05, 0.1) is 12.3 Å². The predicted octanol–water partition coefficient (Wildman–Crippen LogP) is 4.68. The molecule has 0 radical (unpaired) electrons. The summed E-state index contributed by atoms with van der Waals surface area (Å²) in [6.07, 6.45) is 6.00. The van der Waals surface area contributed by atoms with E-state index in [2.05, 4.69) is 20.6 Å². The van der Waals surface area contributed by atoms with Crippen LogP contribution in [0.25, 0.3) is 11.2 Å². The molecule has 2 aliphatic carbocycles. The van der Waals surface area contributed by atoms with Crippen molar-refractivity contribution in [3.05, 3.63) is 35.0 Å². The second kappa shape index (κ2) is 10.4. The van der Waals surface area contributed by atoms with Crippen LogP contribution in [-0.2, 0) is 4.79 Å². The van der Waals surface area contributed by atoms with E-state index < -0.39 is 11.6 Å². The lowest BCUT2D eigenvalue weighted by molar-refractivity contribution is -0.122. The van der Waals surface area contributed by atoms with E-state index in [1.807, 2.05) is 11.5 Å². The number of nitrogens with two attached hydrogens (primary N) is 1. The molecule has 0 spiro atoms. The summed E-state index contributed by atoms with van der Waals surface area (Å²) in [5, 5.41) is 16.3. The highest BCUT2D eigenvalue weighted by atomic mass is 35.5. The number of halogens is 3. The van der Waals surface area contributed by atoms with E-state index in [4.69, 9.17) is 22.3 Å². The van der Waals surface area contributed by atoms with Crippen molar-refractivity contribution >= 4 is 46.3 Å². The lowest BCUT2D eigenvalue weighted by Crippen LogP contribution is -2.35. The van der Waals surface area contributed by atoms with Crippen molar-refractivity contribution in [3.63, 3.8) is 0 Å². The molecular weight excluding hydrogens is 504 g/mol. The van der Waals surface area contributed by atoms with Crippen LogP contribution in [0.2, 0.25) is 5.02 Å². The second-order valence-electron chi connectivity index (χ2n) is 10.2. The van der Waals surface area contributed by atoms with Gasteiger partial charge in [-0.3, -0.25) is 9.36 Å². The summed E-state index contributed by atoms with van der Waals surface area (Å²) < 4.78 is 31.1. The molecule has 1 aromatic carbocycles. The van der Waals surface area contributed by atoms with Crippen molar-refractivity contribution in [2.45, 2.75) is 70.1 Å². The molecular formula is C25H30ClF2N7O2. The van der Waals surface area contributed by atoms with Crippen molar-refractivity contribution < 1.29 is 18.7 Å². The lowest BCUT2D eigenvalue weighted by Gasteiger charge is -2.31. The van der Waals surface area contributed by atoms with Crippen LogP contribution < -0.4 is 16.4 Å². The summed E-state index contributed by atoms with van der Waals surface area (Å²) in [6.45, 7) is 2.04. The van der Waals surface area contributed by atoms with Gasteiger partial charge in [-0.15, -0.1) is 0 Å². The Kier molecular flexibility index (Phi) is 7.17. The number of imidazole rings is 1. The zero-order chi connectivity index (χ0) is 26.3. The topological polar surface area (TPSA) is 131 Å². The van der Waals surface area contributed by atoms with E-state index in [1.165, 1.54) is 0 Å². The van der Waals surface area contributed by atoms with E-state index in [-0.39, 0.29) is 52.6 Å². The van der Waals surface area contributed by atoms with Crippen LogP contribution in [0.1, 0.15) is 57.9 Å². The maximum absolute atomic E-state index is 14.6. The molecule has 2 fully saturated rings. The number of nitrogens with zero attached hydrogens (tertiary/aromatic N) is 4. The third-order valence-electron chi connectivity index (χ3n) is 7.63. The number of fused-ring (bicyclic) bond motifs is 1. The Morgan fingerprint density at radius 3 is 2.49 bits per heavy atom. The van der Waals surface area contributed by atoms with Gasteiger partial charge in [0.25, 0.3) is 0 Å². The number of aromatic nitrogens is 4. The Morgan fingerprint density at radius 2 is 1.84 bits per heavy atom. The van der Waals surface area contributed by atoms with E-state index >= 15 is 0 Å². The number of rotatable bonds is 6. The van der Waals surface area contributed by atoms with Crippen molar-refractivity contribution in [3.8, 4) is 0 Å². The van der Waals surface area contributed by atoms with Crippen LogP contribution in [0.4, 0.5) is 26.4 Å². The maximum Gasteiger partial charge on any atom is 0.224 e. The first-order valence-corrected chi connectivity index (χ1v) is 13.0. The number of anilines is 3. The maximum atomic E-state index is 14.6. The summed E-state index contributed by atoms with van der Waals surface area (Å²) in [7, 11) is 0. The molecule has 1 amide bonds. The molecule has 3 atom stereocenters. The normalized spacial score (nSPS) is 26.2. The monoisotopic (exact) mass is 533 g/mol. The highest BCUT2D eigenvalue weighted by Crippen LogP contribution is 2.38. The minimum absolute atomic E-state index is 0.0286. The molecule has 5 N–H and O–H groups in total. The lowest BCUT2D eigenvalue weighted by atomic mass is 9.85. The Labute approximate surface area is 217 Å². The number of aliphatic hydroxyl groups excluding tert-OH is 1. The molecule has 5 rings (SSSR count). The zero-order valence-corrected chi connectivity index (χ0v) is 21.2. The number of carbonyl (C=O) groups is 1. The number of hydrogen-bond donors (Lipinski definition) is 4. The fourth-order valence-corrected chi connectivity index (χ4v) is 5.59. The highest BCUT2D eigenvalue weighted by Gasteiger charge is 2.30. The molecule has 0 saturated heterocycles. The summed E-state index contributed by atoms with van der Waals surface area (Å²) in [5.74, 6) is -1.37. The first kappa shape index (κ1) is 25.6. The third kappa shape index (κ3) is 5.33. The molecule has 198 valence electrons. The first-order valence-electron chi connectivity index (χ1n) is 12.6. The van der Waals surface area contributed by atoms with Crippen molar-refractivity contribution in [2.24, 2.45) is 17.6 Å². The molecule has 2 aliphatic rings. The molecule has 2 heterocycles. The van der Waals surface area contributed by atoms with Crippen molar-refractivity contribution in [1.82, 2.24) is 19.5 Å². The average Bonchev–Trinajstić information content (AvgIpc) is 3.21. The van der Waals surface area contributed by atoms with Gasteiger partial charge in [0, 0.05) is 23.0 Å². The molecule has 2 saturated carbocycles. The van der Waals surface area contributed by atoms with Crippen molar-refractivity contribution in [2.75, 3.05) is 10.6 Å². The highest BCUT2D eigenvalue weighted by molar-refractivity contribution is 6.30. The first-order chi connectivity index (χ1) is 17.7. The number of nitrogens with one attached hydrogen (secondary N) is 2. The van der Waals surface area contributed by atoms with E-state index in [0.29, 0.717) is 49.2 Å². The Bertz CT molecular complexity index is 1290. The fourth-order valence-electron chi connectivity index (χ4n) is 5.40. The van der Waals surface area contributed by atoms with Gasteiger partial charge < -0.3 is 21.5 Å². The van der Waals surface area contributed by atoms with Crippen molar-refractivity contribution in [1.29, 1.82) is 0 Å². The van der Waals surface area contributed by atoms with Gasteiger partial charge in [0.15, 0.2) is 17.3 Å². The van der Waals surface area contributed by atoms with Gasteiger partial charge in [0.1, 0.15) is 11.2 Å². The number of carbonyl (C=O) groups excluding carboxylic acids is 1. The Balaban J connectivity index is 1.50. The van der Waals surface area contributed by atoms with Gasteiger partial charge in [-0.25, -0.2) is 18.7 Å². The van der Waals surface area contributed by atoms with Gasteiger partial charge in [-0.05, 0) is 63.0 Å². The van der Waals surface area contributed by atoms with Gasteiger partial charge in [-0.2, -0.15) is 4.98 Å². The Morgan fingerprint density at radius 1 is 1.14 bits per heavy atom. The van der Waals surface area contributed by atoms with Crippen LogP contribution in [-0.4, -0.2) is 42.7 Å². The number of aliphatic hydroxyl groups is 1. The quantitative estimate of drug-likeness (QED) is 0.362. The number of amides is 1. The molecule has 2 aromatic heterocycles. The van der Waals surface area contributed by atoms with E-state index in [9.17, 15) is 18.7 Å². The second-order valence-corrected chi connectivity index (χ2v) is 10.6. The molecule has 0 aliphatic heterocycles. The van der Waals surface area contributed by atoms with Gasteiger partial charge >= 0.3 is 0 Å². The van der Waals surface area contributed by atoms with Crippen LogP contribution in [0.3, 0.4) is 0 Å². The summed E-state index contributed by atoms with van der Waals surface area (Å²) in [4.78, 5) is 25.4. The third-order valence-corrected chi connectivity index (χ3v) is 7.85. The van der Waals surface area contributed by atoms with E-state index in [0.717, 1.165) is 25.0 Å². The zero-order valence-electron chi connectivity index (χ0n) is 20.4. The van der Waals surface area contributed by atoms with Crippen LogP contribution >= 0.6 is 11.6 Å². The fraction of sp³-hybridized carbons (Fsp3) is 0.520. The van der Waals surface area contributed by atoms with Gasteiger partial charge in [-0.1, -0.05) is 18.5 Å².